The number of carbonyl (C=O) groups is 1. The topological polar surface area (TPSA) is 71.7 Å². The van der Waals surface area contributed by atoms with Crippen molar-refractivity contribution in [3.05, 3.63) is 23.2 Å². The molecule has 1 aromatic heterocycles. The maximum atomic E-state index is 11.5. The van der Waals surface area contributed by atoms with E-state index in [0.29, 0.717) is 23.6 Å². The zero-order chi connectivity index (χ0) is 14.6. The lowest BCUT2D eigenvalue weighted by Gasteiger charge is -2.36. The molecular weight excluding hydrogens is 258 g/mol. The van der Waals surface area contributed by atoms with Crippen molar-refractivity contribution in [1.82, 2.24) is 5.32 Å². The van der Waals surface area contributed by atoms with Crippen molar-refractivity contribution in [2.75, 3.05) is 13.7 Å². The Labute approximate surface area is 119 Å². The molecule has 1 aliphatic rings. The molecule has 0 aliphatic heterocycles. The highest BCUT2D eigenvalue weighted by molar-refractivity contribution is 5.90. The predicted octanol–water partition coefficient (Wildman–Crippen LogP) is 2.16. The first kappa shape index (κ1) is 15.1. The van der Waals surface area contributed by atoms with Crippen LogP contribution >= 0.6 is 0 Å². The summed E-state index contributed by atoms with van der Waals surface area (Å²) in [5.74, 6) is 0.878. The second-order valence-electron chi connectivity index (χ2n) is 5.53. The lowest BCUT2D eigenvalue weighted by Crippen LogP contribution is -2.49. The van der Waals surface area contributed by atoms with Gasteiger partial charge >= 0.3 is 5.97 Å². The van der Waals surface area contributed by atoms with Crippen molar-refractivity contribution in [2.24, 2.45) is 0 Å². The van der Waals surface area contributed by atoms with Gasteiger partial charge in [-0.15, -0.1) is 0 Å². The van der Waals surface area contributed by atoms with Crippen molar-refractivity contribution < 1.29 is 19.1 Å². The van der Waals surface area contributed by atoms with Gasteiger partial charge in [-0.1, -0.05) is 19.3 Å². The van der Waals surface area contributed by atoms with Crippen LogP contribution in [0.4, 0.5) is 0 Å². The van der Waals surface area contributed by atoms with Gasteiger partial charge in [-0.05, 0) is 25.8 Å². The summed E-state index contributed by atoms with van der Waals surface area (Å²) in [5, 5.41) is 13.0. The van der Waals surface area contributed by atoms with Crippen LogP contribution in [0.15, 0.2) is 10.5 Å². The van der Waals surface area contributed by atoms with Crippen molar-refractivity contribution in [3.63, 3.8) is 0 Å². The number of carbonyl (C=O) groups excluding carboxylic acids is 1. The Kier molecular flexibility index (Phi) is 4.83. The number of ether oxygens (including phenoxy) is 1. The smallest absolute Gasteiger partial charge is 0.341 e. The van der Waals surface area contributed by atoms with Crippen LogP contribution in [-0.2, 0) is 11.3 Å². The van der Waals surface area contributed by atoms with Crippen LogP contribution in [0.2, 0.25) is 0 Å². The molecule has 1 heterocycles. The molecule has 5 nitrogen and oxygen atoms in total. The predicted molar refractivity (Wildman–Crippen MR) is 74.5 cm³/mol. The minimum absolute atomic E-state index is 0.135. The average Bonchev–Trinajstić information content (AvgIpc) is 2.86. The first-order valence-electron chi connectivity index (χ1n) is 7.14. The number of furan rings is 1. The van der Waals surface area contributed by atoms with E-state index in [0.717, 1.165) is 25.7 Å². The molecule has 0 spiro atoms. The number of rotatable bonds is 5. The second kappa shape index (κ2) is 6.41. The van der Waals surface area contributed by atoms with E-state index in [-0.39, 0.29) is 18.1 Å². The van der Waals surface area contributed by atoms with E-state index < -0.39 is 0 Å². The van der Waals surface area contributed by atoms with E-state index in [1.807, 2.05) is 0 Å². The highest BCUT2D eigenvalue weighted by atomic mass is 16.5. The summed E-state index contributed by atoms with van der Waals surface area (Å²) in [6, 6.07) is 1.71. The molecular formula is C15H23NO4. The van der Waals surface area contributed by atoms with Crippen molar-refractivity contribution in [2.45, 2.75) is 51.1 Å². The molecule has 0 atom stereocenters. The Bertz CT molecular complexity index is 460. The molecule has 112 valence electrons. The van der Waals surface area contributed by atoms with Crippen molar-refractivity contribution in [3.8, 4) is 0 Å². The Hall–Kier alpha value is -1.33. The van der Waals surface area contributed by atoms with Gasteiger partial charge in [-0.3, -0.25) is 0 Å². The van der Waals surface area contributed by atoms with Crippen molar-refractivity contribution >= 4 is 5.97 Å². The summed E-state index contributed by atoms with van der Waals surface area (Å²) < 4.78 is 10.3. The van der Waals surface area contributed by atoms with Gasteiger partial charge in [0.1, 0.15) is 17.1 Å². The molecule has 0 saturated heterocycles. The van der Waals surface area contributed by atoms with Gasteiger partial charge in [0.05, 0.1) is 20.3 Å². The minimum atomic E-state index is -0.382. The number of aliphatic hydroxyl groups is 1. The van der Waals surface area contributed by atoms with Gasteiger partial charge in [0.25, 0.3) is 0 Å². The largest absolute Gasteiger partial charge is 0.465 e. The molecule has 5 heteroatoms. The molecule has 1 fully saturated rings. The fourth-order valence-electron chi connectivity index (χ4n) is 2.84. The summed E-state index contributed by atoms with van der Waals surface area (Å²) >= 11 is 0. The molecule has 0 bridgehead atoms. The molecule has 0 radical (unpaired) electrons. The molecule has 2 N–H and O–H groups in total. The number of hydrogen-bond acceptors (Lipinski definition) is 5. The fourth-order valence-corrected chi connectivity index (χ4v) is 2.84. The Morgan fingerprint density at radius 1 is 1.45 bits per heavy atom. The fraction of sp³-hybridized carbons (Fsp3) is 0.667. The highest BCUT2D eigenvalue weighted by Gasteiger charge is 2.31. The van der Waals surface area contributed by atoms with Gasteiger partial charge in [0, 0.05) is 5.54 Å². The van der Waals surface area contributed by atoms with Crippen LogP contribution in [0.3, 0.4) is 0 Å². The van der Waals surface area contributed by atoms with E-state index >= 15 is 0 Å². The Morgan fingerprint density at radius 3 is 2.75 bits per heavy atom. The number of methoxy groups -OCH3 is 1. The molecule has 0 unspecified atom stereocenters. The summed E-state index contributed by atoms with van der Waals surface area (Å²) in [4.78, 5) is 11.5. The van der Waals surface area contributed by atoms with E-state index in [2.05, 4.69) is 5.32 Å². The zero-order valence-corrected chi connectivity index (χ0v) is 12.2. The summed E-state index contributed by atoms with van der Waals surface area (Å²) in [6.07, 6.45) is 5.46. The van der Waals surface area contributed by atoms with Gasteiger partial charge in [-0.25, -0.2) is 4.79 Å². The summed E-state index contributed by atoms with van der Waals surface area (Å²) in [7, 11) is 1.36. The van der Waals surface area contributed by atoms with Gasteiger partial charge < -0.3 is 19.6 Å². The van der Waals surface area contributed by atoms with Crippen LogP contribution < -0.4 is 5.32 Å². The van der Waals surface area contributed by atoms with Crippen molar-refractivity contribution in [1.29, 1.82) is 0 Å². The molecule has 0 amide bonds. The number of aliphatic hydroxyl groups excluding tert-OH is 1. The monoisotopic (exact) mass is 281 g/mol. The summed E-state index contributed by atoms with van der Waals surface area (Å²) in [6.45, 7) is 2.40. The maximum Gasteiger partial charge on any atom is 0.341 e. The number of aryl methyl sites for hydroxylation is 1. The number of nitrogens with one attached hydrogen (secondary N) is 1. The lowest BCUT2D eigenvalue weighted by molar-refractivity contribution is 0.0599. The minimum Gasteiger partial charge on any atom is -0.465 e. The lowest BCUT2D eigenvalue weighted by atomic mass is 9.82. The van der Waals surface area contributed by atoms with Crippen LogP contribution in [0, 0.1) is 6.92 Å². The first-order valence-corrected chi connectivity index (χ1v) is 7.14. The molecule has 1 saturated carbocycles. The van der Waals surface area contributed by atoms with Crippen LogP contribution in [-0.4, -0.2) is 30.3 Å². The highest BCUT2D eigenvalue weighted by Crippen LogP contribution is 2.28. The normalized spacial score (nSPS) is 17.9. The van der Waals surface area contributed by atoms with Gasteiger partial charge in [0.15, 0.2) is 0 Å². The van der Waals surface area contributed by atoms with E-state index in [9.17, 15) is 9.90 Å². The molecule has 20 heavy (non-hydrogen) atoms. The van der Waals surface area contributed by atoms with Crippen LogP contribution in [0.5, 0.6) is 0 Å². The molecule has 1 aromatic rings. The molecule has 2 rings (SSSR count). The standard InChI is InChI=1S/C15H23NO4/c1-11-13(14(18)19-2)8-12(20-11)9-16-15(10-17)6-4-3-5-7-15/h8,16-17H,3-7,9-10H2,1-2H3. The number of esters is 1. The van der Waals surface area contributed by atoms with Crippen LogP contribution in [0.25, 0.3) is 0 Å². The van der Waals surface area contributed by atoms with E-state index in [1.54, 1.807) is 13.0 Å². The van der Waals surface area contributed by atoms with E-state index in [1.165, 1.54) is 13.5 Å². The third-order valence-corrected chi connectivity index (χ3v) is 4.13. The average molecular weight is 281 g/mol. The quantitative estimate of drug-likeness (QED) is 0.809. The summed E-state index contributed by atoms with van der Waals surface area (Å²) in [5.41, 5.74) is 0.260. The molecule has 0 aromatic carbocycles. The first-order chi connectivity index (χ1) is 9.60. The molecule has 1 aliphatic carbocycles. The van der Waals surface area contributed by atoms with Gasteiger partial charge in [0.2, 0.25) is 0 Å². The van der Waals surface area contributed by atoms with E-state index in [4.69, 9.17) is 9.15 Å². The Morgan fingerprint density at radius 2 is 2.15 bits per heavy atom. The second-order valence-corrected chi connectivity index (χ2v) is 5.53. The van der Waals surface area contributed by atoms with Gasteiger partial charge in [-0.2, -0.15) is 0 Å². The Balaban J connectivity index is 2.01. The SMILES string of the molecule is COC(=O)c1cc(CNC2(CO)CCCCC2)oc1C. The number of hydrogen-bond donors (Lipinski definition) is 2. The zero-order valence-electron chi connectivity index (χ0n) is 12.2. The third kappa shape index (κ3) is 3.22. The maximum absolute atomic E-state index is 11.5. The third-order valence-electron chi connectivity index (χ3n) is 4.13. The van der Waals surface area contributed by atoms with Crippen LogP contribution in [0.1, 0.15) is 54.0 Å².